The molecule has 0 aliphatic carbocycles. The molecular weight excluding hydrogens is 204 g/mol. The van der Waals surface area contributed by atoms with Gasteiger partial charge in [-0.3, -0.25) is 9.78 Å². The maximum atomic E-state index is 12.1. The van der Waals surface area contributed by atoms with E-state index in [4.69, 9.17) is 10.5 Å². The van der Waals surface area contributed by atoms with Gasteiger partial charge in [0, 0.05) is 23.9 Å². The van der Waals surface area contributed by atoms with Crippen molar-refractivity contribution in [2.45, 2.75) is 19.4 Å². The van der Waals surface area contributed by atoms with E-state index in [1.807, 2.05) is 0 Å². The molecule has 2 rings (SSSR count). The van der Waals surface area contributed by atoms with Gasteiger partial charge in [0.05, 0.1) is 18.6 Å². The van der Waals surface area contributed by atoms with Gasteiger partial charge in [0.15, 0.2) is 5.78 Å². The number of allylic oxidation sites excluding steroid dienone is 1. The van der Waals surface area contributed by atoms with Crippen LogP contribution in [0.15, 0.2) is 30.2 Å². The third-order valence-electron chi connectivity index (χ3n) is 2.51. The lowest BCUT2D eigenvalue weighted by molar-refractivity contribution is 0.101. The summed E-state index contributed by atoms with van der Waals surface area (Å²) in [5, 5.41) is 0. The van der Waals surface area contributed by atoms with Gasteiger partial charge in [-0.1, -0.05) is 0 Å². The fourth-order valence-electron chi connectivity index (χ4n) is 1.65. The molecular formula is C12H14N2O2. The number of carbonyl (C=O) groups excluding carboxylic acids is 1. The van der Waals surface area contributed by atoms with Crippen molar-refractivity contribution in [3.63, 3.8) is 0 Å². The highest BCUT2D eigenvalue weighted by Gasteiger charge is 2.15. The van der Waals surface area contributed by atoms with Crippen molar-refractivity contribution >= 4 is 5.78 Å². The second-order valence-electron chi connectivity index (χ2n) is 3.69. The topological polar surface area (TPSA) is 65.2 Å². The average molecular weight is 218 g/mol. The fraction of sp³-hybridized carbons (Fsp3) is 0.333. The maximum absolute atomic E-state index is 12.1. The Hall–Kier alpha value is -1.68. The van der Waals surface area contributed by atoms with Crippen LogP contribution in [0.5, 0.6) is 0 Å². The van der Waals surface area contributed by atoms with Crippen molar-refractivity contribution in [2.24, 2.45) is 5.73 Å². The number of pyridine rings is 1. The van der Waals surface area contributed by atoms with Crippen LogP contribution in [-0.2, 0) is 11.3 Å². The summed E-state index contributed by atoms with van der Waals surface area (Å²) >= 11 is 0. The van der Waals surface area contributed by atoms with Crippen molar-refractivity contribution in [3.05, 3.63) is 41.4 Å². The summed E-state index contributed by atoms with van der Waals surface area (Å²) in [4.78, 5) is 16.1. The second kappa shape index (κ2) is 4.90. The molecule has 0 bridgehead atoms. The molecule has 1 aromatic heterocycles. The van der Waals surface area contributed by atoms with Gasteiger partial charge in [-0.25, -0.2) is 0 Å². The standard InChI is InChI=1S/C12H14N2O2/c13-7-11-6-9(3-4-14-11)12(15)10-2-1-5-16-8-10/h3-4,6,8H,1-2,5,7,13H2. The predicted molar refractivity (Wildman–Crippen MR) is 59.7 cm³/mol. The highest BCUT2D eigenvalue weighted by molar-refractivity contribution is 6.08. The van der Waals surface area contributed by atoms with Gasteiger partial charge in [0.2, 0.25) is 0 Å². The minimum Gasteiger partial charge on any atom is -0.501 e. The summed E-state index contributed by atoms with van der Waals surface area (Å²) in [6, 6.07) is 3.44. The Morgan fingerprint density at radius 3 is 3.12 bits per heavy atom. The van der Waals surface area contributed by atoms with E-state index in [1.165, 1.54) is 0 Å². The molecule has 0 spiro atoms. The smallest absolute Gasteiger partial charge is 0.192 e. The van der Waals surface area contributed by atoms with Crippen LogP contribution in [0.4, 0.5) is 0 Å². The number of hydrogen-bond acceptors (Lipinski definition) is 4. The van der Waals surface area contributed by atoms with Gasteiger partial charge in [-0.2, -0.15) is 0 Å². The number of ether oxygens (including phenoxy) is 1. The lowest BCUT2D eigenvalue weighted by Crippen LogP contribution is -2.10. The van der Waals surface area contributed by atoms with E-state index in [9.17, 15) is 4.79 Å². The monoisotopic (exact) mass is 218 g/mol. The number of nitrogens with two attached hydrogens (primary N) is 1. The summed E-state index contributed by atoms with van der Waals surface area (Å²) in [7, 11) is 0. The van der Waals surface area contributed by atoms with E-state index >= 15 is 0 Å². The van der Waals surface area contributed by atoms with Gasteiger partial charge in [0.25, 0.3) is 0 Å². The van der Waals surface area contributed by atoms with Crippen molar-refractivity contribution < 1.29 is 9.53 Å². The van der Waals surface area contributed by atoms with Crippen LogP contribution in [-0.4, -0.2) is 17.4 Å². The Morgan fingerprint density at radius 2 is 2.44 bits per heavy atom. The van der Waals surface area contributed by atoms with E-state index in [2.05, 4.69) is 4.98 Å². The maximum Gasteiger partial charge on any atom is 0.192 e. The van der Waals surface area contributed by atoms with Crippen molar-refractivity contribution in [3.8, 4) is 0 Å². The molecule has 1 aliphatic rings. The van der Waals surface area contributed by atoms with E-state index in [0.29, 0.717) is 18.7 Å². The normalized spacial score (nSPS) is 15.2. The minimum atomic E-state index is 0.0109. The molecule has 0 amide bonds. The van der Waals surface area contributed by atoms with E-state index in [-0.39, 0.29) is 5.78 Å². The molecule has 2 N–H and O–H groups in total. The molecule has 16 heavy (non-hydrogen) atoms. The average Bonchev–Trinajstić information content (AvgIpc) is 2.39. The van der Waals surface area contributed by atoms with Crippen LogP contribution in [0.2, 0.25) is 0 Å². The van der Waals surface area contributed by atoms with Crippen LogP contribution in [0.1, 0.15) is 28.9 Å². The Balaban J connectivity index is 2.22. The largest absolute Gasteiger partial charge is 0.501 e. The highest BCUT2D eigenvalue weighted by Crippen LogP contribution is 2.17. The van der Waals surface area contributed by atoms with Crippen LogP contribution in [0.3, 0.4) is 0 Å². The lowest BCUT2D eigenvalue weighted by atomic mass is 10.00. The Bertz CT molecular complexity index is 427. The van der Waals surface area contributed by atoms with Gasteiger partial charge in [-0.05, 0) is 25.0 Å². The first-order valence-electron chi connectivity index (χ1n) is 5.31. The molecule has 0 fully saturated rings. The first-order valence-corrected chi connectivity index (χ1v) is 5.31. The lowest BCUT2D eigenvalue weighted by Gasteiger charge is -2.12. The number of aromatic nitrogens is 1. The molecule has 0 saturated carbocycles. The van der Waals surface area contributed by atoms with Crippen LogP contribution < -0.4 is 5.73 Å². The summed E-state index contributed by atoms with van der Waals surface area (Å²) in [5.74, 6) is 0.0109. The number of Topliss-reactive ketones (excluding diaryl/α,β-unsaturated/α-hetero) is 1. The fourth-order valence-corrected chi connectivity index (χ4v) is 1.65. The van der Waals surface area contributed by atoms with Gasteiger partial charge >= 0.3 is 0 Å². The second-order valence-corrected chi connectivity index (χ2v) is 3.69. The number of hydrogen-bond donors (Lipinski definition) is 1. The van der Waals surface area contributed by atoms with E-state index < -0.39 is 0 Å². The Kier molecular flexibility index (Phi) is 3.31. The highest BCUT2D eigenvalue weighted by atomic mass is 16.5. The van der Waals surface area contributed by atoms with E-state index in [1.54, 1.807) is 24.6 Å². The predicted octanol–water partition coefficient (Wildman–Crippen LogP) is 1.42. The number of carbonyl (C=O) groups is 1. The summed E-state index contributed by atoms with van der Waals surface area (Å²) in [6.07, 6.45) is 4.85. The van der Waals surface area contributed by atoms with Crippen LogP contribution in [0, 0.1) is 0 Å². The van der Waals surface area contributed by atoms with E-state index in [0.717, 1.165) is 24.1 Å². The van der Waals surface area contributed by atoms with Gasteiger partial charge in [0.1, 0.15) is 0 Å². The molecule has 4 heteroatoms. The number of rotatable bonds is 3. The molecule has 0 aromatic carbocycles. The van der Waals surface area contributed by atoms with Crippen molar-refractivity contribution in [2.75, 3.05) is 6.61 Å². The first-order chi connectivity index (χ1) is 7.81. The molecule has 0 radical (unpaired) electrons. The number of nitrogens with zero attached hydrogens (tertiary/aromatic N) is 1. The van der Waals surface area contributed by atoms with Gasteiger partial charge < -0.3 is 10.5 Å². The minimum absolute atomic E-state index is 0.0109. The number of ketones is 1. The zero-order chi connectivity index (χ0) is 11.4. The first kappa shape index (κ1) is 10.8. The summed E-state index contributed by atoms with van der Waals surface area (Å²) in [5.41, 5.74) is 7.56. The summed E-state index contributed by atoms with van der Waals surface area (Å²) < 4.78 is 5.16. The molecule has 4 nitrogen and oxygen atoms in total. The van der Waals surface area contributed by atoms with Crippen LogP contribution >= 0.6 is 0 Å². The van der Waals surface area contributed by atoms with Gasteiger partial charge in [-0.15, -0.1) is 0 Å². The third kappa shape index (κ3) is 2.28. The zero-order valence-electron chi connectivity index (χ0n) is 8.98. The van der Waals surface area contributed by atoms with Crippen molar-refractivity contribution in [1.29, 1.82) is 0 Å². The quantitative estimate of drug-likeness (QED) is 0.779. The van der Waals surface area contributed by atoms with Crippen molar-refractivity contribution in [1.82, 2.24) is 4.98 Å². The Morgan fingerprint density at radius 1 is 1.56 bits per heavy atom. The molecule has 1 aliphatic heterocycles. The third-order valence-corrected chi connectivity index (χ3v) is 2.51. The zero-order valence-corrected chi connectivity index (χ0v) is 8.98. The SMILES string of the molecule is NCc1cc(C(=O)C2=COCCC2)ccn1. The molecule has 84 valence electrons. The molecule has 1 aromatic rings. The molecule has 2 heterocycles. The Labute approximate surface area is 94.1 Å². The molecule has 0 saturated heterocycles. The van der Waals surface area contributed by atoms with Crippen LogP contribution in [0.25, 0.3) is 0 Å². The molecule has 0 atom stereocenters. The summed E-state index contributed by atoms with van der Waals surface area (Å²) in [6.45, 7) is 1.04. The molecule has 0 unspecified atom stereocenters.